The second-order valence-corrected chi connectivity index (χ2v) is 9.71. The van der Waals surface area contributed by atoms with E-state index in [1.54, 1.807) is 54.7 Å². The van der Waals surface area contributed by atoms with Crippen LogP contribution in [0.3, 0.4) is 0 Å². The van der Waals surface area contributed by atoms with Crippen LogP contribution in [0, 0.1) is 13.8 Å². The number of anilines is 2. The van der Waals surface area contributed by atoms with E-state index in [4.69, 9.17) is 4.42 Å². The van der Waals surface area contributed by atoms with Crippen LogP contribution in [0.5, 0.6) is 0 Å². The molecule has 1 heterocycles. The highest BCUT2D eigenvalue weighted by Gasteiger charge is 2.14. The zero-order chi connectivity index (χ0) is 24.1. The highest BCUT2D eigenvalue weighted by atomic mass is 32.2. The lowest BCUT2D eigenvalue weighted by atomic mass is 10.1. The Labute approximate surface area is 198 Å². The molecule has 7 nitrogen and oxygen atoms in total. The van der Waals surface area contributed by atoms with Crippen molar-refractivity contribution in [1.29, 1.82) is 0 Å². The first-order chi connectivity index (χ1) is 16.3. The van der Waals surface area contributed by atoms with Crippen molar-refractivity contribution in [3.8, 4) is 11.3 Å². The van der Waals surface area contributed by atoms with Crippen LogP contribution in [-0.4, -0.2) is 19.3 Å². The second kappa shape index (κ2) is 9.93. The molecule has 1 amide bonds. The van der Waals surface area contributed by atoms with E-state index >= 15 is 0 Å². The van der Waals surface area contributed by atoms with Gasteiger partial charge in [-0.15, -0.1) is 0 Å². The van der Waals surface area contributed by atoms with Crippen molar-refractivity contribution in [2.75, 3.05) is 10.0 Å². The van der Waals surface area contributed by atoms with E-state index in [1.165, 1.54) is 0 Å². The molecule has 0 bridgehead atoms. The fraction of sp³-hybridized carbons (Fsp3) is 0.154. The normalized spacial score (nSPS) is 11.2. The minimum absolute atomic E-state index is 0.188. The van der Waals surface area contributed by atoms with Crippen molar-refractivity contribution >= 4 is 27.3 Å². The summed E-state index contributed by atoms with van der Waals surface area (Å²) < 4.78 is 33.3. The van der Waals surface area contributed by atoms with Gasteiger partial charge < -0.3 is 9.73 Å². The fourth-order valence-corrected chi connectivity index (χ4v) is 4.33. The summed E-state index contributed by atoms with van der Waals surface area (Å²) in [7, 11) is -3.68. The van der Waals surface area contributed by atoms with E-state index in [2.05, 4.69) is 15.0 Å². The van der Waals surface area contributed by atoms with Crippen LogP contribution in [0.25, 0.3) is 11.3 Å². The van der Waals surface area contributed by atoms with Crippen molar-refractivity contribution in [1.82, 2.24) is 4.98 Å². The molecule has 174 valence electrons. The maximum absolute atomic E-state index is 12.5. The summed E-state index contributed by atoms with van der Waals surface area (Å²) in [5.74, 6) is 0.966. The predicted octanol–water partition coefficient (Wildman–Crippen LogP) is 5.33. The van der Waals surface area contributed by atoms with Crippen molar-refractivity contribution < 1.29 is 17.6 Å². The van der Waals surface area contributed by atoms with Crippen LogP contribution in [0.4, 0.5) is 11.4 Å². The number of hydrogen-bond donors (Lipinski definition) is 2. The van der Waals surface area contributed by atoms with E-state index in [0.717, 1.165) is 16.7 Å². The number of carbonyl (C=O) groups excluding carboxylic acids is 1. The Morgan fingerprint density at radius 3 is 2.09 bits per heavy atom. The van der Waals surface area contributed by atoms with Crippen molar-refractivity contribution in [2.45, 2.75) is 31.6 Å². The van der Waals surface area contributed by atoms with Crippen LogP contribution < -0.4 is 10.0 Å². The SMILES string of the molecule is Cc1ccc(-c2cnc(CCC(=O)Nc3ccc(NS(=O)(=O)c4ccc(C)cc4)cc3)o2)cc1. The lowest BCUT2D eigenvalue weighted by molar-refractivity contribution is -0.116. The highest BCUT2D eigenvalue weighted by molar-refractivity contribution is 7.92. The number of aryl methyl sites for hydroxylation is 3. The van der Waals surface area contributed by atoms with Crippen LogP contribution >= 0.6 is 0 Å². The lowest BCUT2D eigenvalue weighted by Crippen LogP contribution is -2.14. The summed E-state index contributed by atoms with van der Waals surface area (Å²) in [6.45, 7) is 3.91. The monoisotopic (exact) mass is 475 g/mol. The molecule has 1 aromatic heterocycles. The Morgan fingerprint density at radius 1 is 0.853 bits per heavy atom. The highest BCUT2D eigenvalue weighted by Crippen LogP contribution is 2.22. The van der Waals surface area contributed by atoms with Gasteiger partial charge >= 0.3 is 0 Å². The fourth-order valence-electron chi connectivity index (χ4n) is 3.27. The number of benzene rings is 3. The van der Waals surface area contributed by atoms with Crippen molar-refractivity contribution in [2.24, 2.45) is 0 Å². The summed E-state index contributed by atoms with van der Waals surface area (Å²) in [6.07, 6.45) is 2.23. The Kier molecular flexibility index (Phi) is 6.79. The first-order valence-corrected chi connectivity index (χ1v) is 12.3. The molecule has 0 radical (unpaired) electrons. The quantitative estimate of drug-likeness (QED) is 0.359. The van der Waals surface area contributed by atoms with Gasteiger partial charge in [0.2, 0.25) is 5.91 Å². The molecule has 0 saturated heterocycles. The third-order valence-corrected chi connectivity index (χ3v) is 6.60. The molecule has 34 heavy (non-hydrogen) atoms. The zero-order valence-electron chi connectivity index (χ0n) is 18.9. The van der Waals surface area contributed by atoms with E-state index in [-0.39, 0.29) is 17.2 Å². The Morgan fingerprint density at radius 2 is 1.44 bits per heavy atom. The van der Waals surface area contributed by atoms with E-state index < -0.39 is 10.0 Å². The van der Waals surface area contributed by atoms with Gasteiger partial charge in [0.15, 0.2) is 11.7 Å². The average Bonchev–Trinajstić information content (AvgIpc) is 3.29. The first-order valence-electron chi connectivity index (χ1n) is 10.8. The standard InChI is InChI=1S/C26H25N3O4S/c1-18-3-7-20(8-4-18)24-17-27-26(33-24)16-15-25(30)28-21-9-11-22(12-10-21)29-34(31,32)23-13-5-19(2)6-14-23/h3-14,17,29H,15-16H2,1-2H3,(H,28,30). The topological polar surface area (TPSA) is 101 Å². The summed E-state index contributed by atoms with van der Waals surface area (Å²) in [6, 6.07) is 21.0. The number of oxazole rings is 1. The smallest absolute Gasteiger partial charge is 0.261 e. The molecule has 0 aliphatic heterocycles. The molecule has 0 atom stereocenters. The van der Waals surface area contributed by atoms with Crippen LogP contribution in [0.15, 0.2) is 88.3 Å². The average molecular weight is 476 g/mol. The summed E-state index contributed by atoms with van der Waals surface area (Å²) in [5.41, 5.74) is 4.05. The van der Waals surface area contributed by atoms with Gasteiger partial charge in [-0.1, -0.05) is 47.5 Å². The van der Waals surface area contributed by atoms with Crippen molar-refractivity contribution in [3.05, 3.63) is 96.0 Å². The molecule has 4 aromatic rings. The van der Waals surface area contributed by atoms with Gasteiger partial charge in [-0.25, -0.2) is 13.4 Å². The molecule has 4 rings (SSSR count). The largest absolute Gasteiger partial charge is 0.441 e. The third-order valence-electron chi connectivity index (χ3n) is 5.21. The molecule has 2 N–H and O–H groups in total. The lowest BCUT2D eigenvalue weighted by Gasteiger charge is -2.10. The Bertz CT molecular complexity index is 1380. The second-order valence-electron chi connectivity index (χ2n) is 8.03. The molecular weight excluding hydrogens is 450 g/mol. The molecule has 0 saturated carbocycles. The third kappa shape index (κ3) is 5.90. The maximum Gasteiger partial charge on any atom is 0.261 e. The van der Waals surface area contributed by atoms with E-state index in [9.17, 15) is 13.2 Å². The number of carbonyl (C=O) groups is 1. The first kappa shape index (κ1) is 23.3. The van der Waals surface area contributed by atoms with Gasteiger partial charge in [0.1, 0.15) is 0 Å². The Hall–Kier alpha value is -3.91. The number of aromatic nitrogens is 1. The van der Waals surface area contributed by atoms with Gasteiger partial charge in [-0.05, 0) is 50.2 Å². The number of hydrogen-bond acceptors (Lipinski definition) is 5. The molecule has 0 spiro atoms. The molecule has 0 fully saturated rings. The van der Waals surface area contributed by atoms with Gasteiger partial charge in [0.05, 0.1) is 11.1 Å². The minimum atomic E-state index is -3.68. The molecule has 8 heteroatoms. The zero-order valence-corrected chi connectivity index (χ0v) is 19.7. The minimum Gasteiger partial charge on any atom is -0.441 e. The molecule has 0 aliphatic rings. The van der Waals surface area contributed by atoms with Gasteiger partial charge in [0, 0.05) is 29.8 Å². The number of nitrogens with one attached hydrogen (secondary N) is 2. The predicted molar refractivity (Wildman–Crippen MR) is 132 cm³/mol. The van der Waals surface area contributed by atoms with Crippen LogP contribution in [0.1, 0.15) is 23.4 Å². The summed E-state index contributed by atoms with van der Waals surface area (Å²) in [4.78, 5) is 16.8. The van der Waals surface area contributed by atoms with Gasteiger partial charge in [-0.2, -0.15) is 0 Å². The van der Waals surface area contributed by atoms with E-state index in [0.29, 0.717) is 29.4 Å². The molecular formula is C26H25N3O4S. The molecule has 3 aromatic carbocycles. The maximum atomic E-state index is 12.5. The summed E-state index contributed by atoms with van der Waals surface area (Å²) in [5, 5.41) is 2.80. The van der Waals surface area contributed by atoms with Gasteiger partial charge in [-0.3, -0.25) is 9.52 Å². The van der Waals surface area contributed by atoms with Crippen LogP contribution in [0.2, 0.25) is 0 Å². The van der Waals surface area contributed by atoms with Crippen LogP contribution in [-0.2, 0) is 21.2 Å². The number of sulfonamides is 1. The van der Waals surface area contributed by atoms with E-state index in [1.807, 2.05) is 38.1 Å². The van der Waals surface area contributed by atoms with Crippen molar-refractivity contribution in [3.63, 3.8) is 0 Å². The molecule has 0 unspecified atom stereocenters. The van der Waals surface area contributed by atoms with Gasteiger partial charge in [0.25, 0.3) is 10.0 Å². The summed E-state index contributed by atoms with van der Waals surface area (Å²) >= 11 is 0. The number of nitrogens with zero attached hydrogens (tertiary/aromatic N) is 1. The number of rotatable bonds is 8. The Balaban J connectivity index is 1.30. The number of amides is 1. The molecule has 0 aliphatic carbocycles.